The summed E-state index contributed by atoms with van der Waals surface area (Å²) in [6.07, 6.45) is 0. The Bertz CT molecular complexity index is 1380. The summed E-state index contributed by atoms with van der Waals surface area (Å²) in [5, 5.41) is 6.82. The minimum Gasteiger partial charge on any atom is -0.455 e. The quantitative estimate of drug-likeness (QED) is 0.292. The van der Waals surface area contributed by atoms with Crippen LogP contribution in [0.15, 0.2) is 69.5 Å². The van der Waals surface area contributed by atoms with Crippen LogP contribution in [0.1, 0.15) is 11.1 Å². The molecule has 0 amide bonds. The third-order valence-electron chi connectivity index (χ3n) is 5.38. The first-order valence-electron chi connectivity index (χ1n) is 8.86. The number of fused-ring (bicyclic) bond motifs is 9. The molecule has 2 heteroatoms. The maximum atomic E-state index is 6.25. The molecule has 0 fully saturated rings. The number of furan rings is 2. The molecule has 2 heterocycles. The first-order valence-corrected chi connectivity index (χ1v) is 8.86. The van der Waals surface area contributed by atoms with Crippen molar-refractivity contribution in [3.8, 4) is 0 Å². The fourth-order valence-electron chi connectivity index (χ4n) is 4.09. The Balaban J connectivity index is 1.81. The summed E-state index contributed by atoms with van der Waals surface area (Å²) < 4.78 is 12.5. The first kappa shape index (κ1) is 14.0. The Hall–Kier alpha value is -3.26. The van der Waals surface area contributed by atoms with E-state index in [1.165, 1.54) is 11.1 Å². The van der Waals surface area contributed by atoms with Crippen LogP contribution in [0.25, 0.3) is 54.6 Å². The molecule has 6 aromatic rings. The molecule has 6 rings (SSSR count). The van der Waals surface area contributed by atoms with E-state index in [-0.39, 0.29) is 0 Å². The summed E-state index contributed by atoms with van der Waals surface area (Å²) in [4.78, 5) is 0. The molecule has 2 nitrogen and oxygen atoms in total. The van der Waals surface area contributed by atoms with Crippen LogP contribution in [0.3, 0.4) is 0 Å². The van der Waals surface area contributed by atoms with Gasteiger partial charge in [0, 0.05) is 32.3 Å². The lowest BCUT2D eigenvalue weighted by Gasteiger charge is -2.00. The summed E-state index contributed by atoms with van der Waals surface area (Å²) in [6, 6.07) is 21.4. The summed E-state index contributed by atoms with van der Waals surface area (Å²) in [7, 11) is 0. The van der Waals surface area contributed by atoms with Crippen molar-refractivity contribution in [3.05, 3.63) is 71.8 Å². The number of rotatable bonds is 0. The zero-order valence-electron chi connectivity index (χ0n) is 14.6. The van der Waals surface area contributed by atoms with Gasteiger partial charge in [-0.1, -0.05) is 24.3 Å². The van der Waals surface area contributed by atoms with Gasteiger partial charge in [-0.2, -0.15) is 0 Å². The molecule has 0 atom stereocenters. The van der Waals surface area contributed by atoms with Crippen molar-refractivity contribution < 1.29 is 8.83 Å². The van der Waals surface area contributed by atoms with E-state index in [0.717, 1.165) is 54.6 Å². The fourth-order valence-corrected chi connectivity index (χ4v) is 4.09. The number of aryl methyl sites for hydroxylation is 2. The Morgan fingerprint density at radius 1 is 0.462 bits per heavy atom. The molecule has 0 N–H and O–H groups in total. The van der Waals surface area contributed by atoms with E-state index in [2.05, 4.69) is 74.5 Å². The van der Waals surface area contributed by atoms with Crippen molar-refractivity contribution in [1.29, 1.82) is 0 Å². The van der Waals surface area contributed by atoms with E-state index in [9.17, 15) is 0 Å². The van der Waals surface area contributed by atoms with E-state index < -0.39 is 0 Å². The lowest BCUT2D eigenvalue weighted by molar-refractivity contribution is 0.669. The monoisotopic (exact) mass is 336 g/mol. The summed E-state index contributed by atoms with van der Waals surface area (Å²) in [5.74, 6) is 0. The van der Waals surface area contributed by atoms with Crippen LogP contribution in [0.4, 0.5) is 0 Å². The maximum absolute atomic E-state index is 6.25. The van der Waals surface area contributed by atoms with Crippen molar-refractivity contribution in [1.82, 2.24) is 0 Å². The van der Waals surface area contributed by atoms with E-state index in [1.807, 2.05) is 0 Å². The molecule has 0 radical (unpaired) electrons. The van der Waals surface area contributed by atoms with Crippen molar-refractivity contribution in [2.45, 2.75) is 13.8 Å². The van der Waals surface area contributed by atoms with Gasteiger partial charge in [0.2, 0.25) is 0 Å². The number of hydrogen-bond acceptors (Lipinski definition) is 2. The Labute approximate surface area is 149 Å². The lowest BCUT2D eigenvalue weighted by Crippen LogP contribution is -1.75. The van der Waals surface area contributed by atoms with Crippen molar-refractivity contribution in [2.75, 3.05) is 0 Å². The fraction of sp³-hybridized carbons (Fsp3) is 0.0833. The summed E-state index contributed by atoms with van der Waals surface area (Å²) >= 11 is 0. The van der Waals surface area contributed by atoms with Gasteiger partial charge in [-0.15, -0.1) is 0 Å². The van der Waals surface area contributed by atoms with Gasteiger partial charge < -0.3 is 8.83 Å². The van der Waals surface area contributed by atoms with Gasteiger partial charge >= 0.3 is 0 Å². The maximum Gasteiger partial charge on any atom is 0.143 e. The molecule has 0 saturated heterocycles. The minimum atomic E-state index is 0.932. The molecular weight excluding hydrogens is 320 g/mol. The van der Waals surface area contributed by atoms with Crippen LogP contribution in [-0.4, -0.2) is 0 Å². The van der Waals surface area contributed by atoms with Gasteiger partial charge in [-0.25, -0.2) is 0 Å². The highest BCUT2D eigenvalue weighted by atomic mass is 16.3. The van der Waals surface area contributed by atoms with E-state index in [0.29, 0.717) is 0 Å². The second kappa shape index (κ2) is 4.67. The second-order valence-corrected chi connectivity index (χ2v) is 7.18. The van der Waals surface area contributed by atoms with Crippen LogP contribution < -0.4 is 0 Å². The van der Waals surface area contributed by atoms with Gasteiger partial charge in [-0.05, 0) is 61.4 Å². The molecule has 0 aliphatic heterocycles. The summed E-state index contributed by atoms with van der Waals surface area (Å²) in [5.41, 5.74) is 6.15. The van der Waals surface area contributed by atoms with Gasteiger partial charge in [0.05, 0.1) is 0 Å². The van der Waals surface area contributed by atoms with Gasteiger partial charge in [0.15, 0.2) is 0 Å². The largest absolute Gasteiger partial charge is 0.455 e. The summed E-state index contributed by atoms with van der Waals surface area (Å²) in [6.45, 7) is 4.18. The van der Waals surface area contributed by atoms with Crippen LogP contribution in [-0.2, 0) is 0 Å². The molecule has 0 spiro atoms. The molecule has 124 valence electrons. The highest BCUT2D eigenvalue weighted by Crippen LogP contribution is 2.39. The predicted octanol–water partition coefficient (Wildman–Crippen LogP) is 7.26. The van der Waals surface area contributed by atoms with E-state index in [1.54, 1.807) is 0 Å². The number of benzene rings is 4. The standard InChI is InChI=1S/C24H16O2/c1-13-3-5-15-17-7-9-20-19(23(17)25-21(15)11-13)10-8-18-16-6-4-14(2)12-22(16)26-24(18)20/h3-12H,1-2H3. The molecule has 0 aliphatic rings. The van der Waals surface area contributed by atoms with Crippen molar-refractivity contribution >= 4 is 54.6 Å². The molecule has 0 aliphatic carbocycles. The van der Waals surface area contributed by atoms with Gasteiger partial charge in [0.1, 0.15) is 22.3 Å². The van der Waals surface area contributed by atoms with Gasteiger partial charge in [0.25, 0.3) is 0 Å². The average Bonchev–Trinajstić information content (AvgIpc) is 3.18. The third-order valence-corrected chi connectivity index (χ3v) is 5.38. The topological polar surface area (TPSA) is 26.3 Å². The Kier molecular flexibility index (Phi) is 2.51. The molecule has 0 bridgehead atoms. The number of hydrogen-bond donors (Lipinski definition) is 0. The van der Waals surface area contributed by atoms with Crippen LogP contribution in [0, 0.1) is 13.8 Å². The SMILES string of the molecule is Cc1ccc2c(c1)oc1c2ccc2c1ccc1c3ccc(C)cc3oc12. The van der Waals surface area contributed by atoms with Crippen LogP contribution in [0.5, 0.6) is 0 Å². The Morgan fingerprint density at radius 2 is 0.808 bits per heavy atom. The van der Waals surface area contributed by atoms with E-state index in [4.69, 9.17) is 8.83 Å². The average molecular weight is 336 g/mol. The van der Waals surface area contributed by atoms with Gasteiger partial charge in [-0.3, -0.25) is 0 Å². The zero-order valence-corrected chi connectivity index (χ0v) is 14.6. The van der Waals surface area contributed by atoms with Crippen LogP contribution >= 0.6 is 0 Å². The van der Waals surface area contributed by atoms with Crippen molar-refractivity contribution in [2.24, 2.45) is 0 Å². The third kappa shape index (κ3) is 1.71. The zero-order chi connectivity index (χ0) is 17.4. The lowest BCUT2D eigenvalue weighted by atomic mass is 10.0. The Morgan fingerprint density at radius 3 is 1.23 bits per heavy atom. The van der Waals surface area contributed by atoms with Crippen LogP contribution in [0.2, 0.25) is 0 Å². The smallest absolute Gasteiger partial charge is 0.143 e. The molecule has 0 saturated carbocycles. The molecule has 26 heavy (non-hydrogen) atoms. The first-order chi connectivity index (χ1) is 12.7. The highest BCUT2D eigenvalue weighted by molar-refractivity contribution is 6.22. The molecular formula is C24H16O2. The molecule has 2 aromatic heterocycles. The normalized spacial score (nSPS) is 12.2. The molecule has 0 unspecified atom stereocenters. The minimum absolute atomic E-state index is 0.932. The highest BCUT2D eigenvalue weighted by Gasteiger charge is 2.15. The molecule has 4 aromatic carbocycles. The van der Waals surface area contributed by atoms with E-state index >= 15 is 0 Å². The predicted molar refractivity (Wildman–Crippen MR) is 108 cm³/mol. The second-order valence-electron chi connectivity index (χ2n) is 7.18. The van der Waals surface area contributed by atoms with Crippen molar-refractivity contribution in [3.63, 3.8) is 0 Å².